The van der Waals surface area contributed by atoms with Gasteiger partial charge in [-0.25, -0.2) is 4.79 Å². The lowest BCUT2D eigenvalue weighted by atomic mass is 10.2. The highest BCUT2D eigenvalue weighted by molar-refractivity contribution is 5.86. The minimum Gasteiger partial charge on any atom is -0.477 e. The van der Waals surface area contributed by atoms with Gasteiger partial charge in [0.2, 0.25) is 0 Å². The number of hydrazone groups is 1. The minimum absolute atomic E-state index is 0.207. The molecular weight excluding hydrogens is 156 g/mol. The van der Waals surface area contributed by atoms with Crippen LogP contribution in [-0.2, 0) is 4.79 Å². The van der Waals surface area contributed by atoms with Crippen LogP contribution in [0.5, 0.6) is 0 Å². The van der Waals surface area contributed by atoms with E-state index in [1.807, 2.05) is 0 Å². The van der Waals surface area contributed by atoms with Crippen LogP contribution in [0.15, 0.2) is 16.9 Å². The van der Waals surface area contributed by atoms with Gasteiger partial charge in [-0.05, 0) is 30.8 Å². The molecule has 0 aromatic heterocycles. The quantitative estimate of drug-likeness (QED) is 0.598. The zero-order valence-electron chi connectivity index (χ0n) is 6.53. The molecule has 2 aliphatic rings. The van der Waals surface area contributed by atoms with Crippen LogP contribution in [-0.4, -0.2) is 17.3 Å². The molecular formula is C8H10N2O2. The smallest absolute Gasteiger partial charge is 0.353 e. The maximum atomic E-state index is 10.6. The Kier molecular flexibility index (Phi) is 1.60. The summed E-state index contributed by atoms with van der Waals surface area (Å²) in [6.07, 6.45) is 5.58. The Morgan fingerprint density at radius 2 is 2.58 bits per heavy atom. The molecule has 12 heavy (non-hydrogen) atoms. The predicted molar refractivity (Wildman–Crippen MR) is 43.6 cm³/mol. The first kappa shape index (κ1) is 7.34. The zero-order chi connectivity index (χ0) is 8.55. The highest BCUT2D eigenvalue weighted by Gasteiger charge is 2.35. The Balaban J connectivity index is 2.15. The molecule has 1 heterocycles. The number of nitrogens with zero attached hydrogens (tertiary/aromatic N) is 1. The van der Waals surface area contributed by atoms with Crippen molar-refractivity contribution in [3.63, 3.8) is 0 Å². The lowest BCUT2D eigenvalue weighted by Gasteiger charge is -2.03. The maximum Gasteiger partial charge on any atom is 0.353 e. The van der Waals surface area contributed by atoms with E-state index in [1.54, 1.807) is 12.3 Å². The lowest BCUT2D eigenvalue weighted by molar-refractivity contribution is -0.133. The number of carbonyl (C=O) groups is 1. The summed E-state index contributed by atoms with van der Waals surface area (Å²) >= 11 is 0. The normalized spacial score (nSPS) is 39.2. The van der Waals surface area contributed by atoms with Crippen LogP contribution in [0.3, 0.4) is 0 Å². The summed E-state index contributed by atoms with van der Waals surface area (Å²) in [5, 5.41) is 12.5. The first-order chi connectivity index (χ1) is 5.77. The van der Waals surface area contributed by atoms with E-state index >= 15 is 0 Å². The van der Waals surface area contributed by atoms with Crippen molar-refractivity contribution >= 4 is 12.2 Å². The summed E-state index contributed by atoms with van der Waals surface area (Å²) in [7, 11) is 0. The van der Waals surface area contributed by atoms with Crippen LogP contribution in [0, 0.1) is 11.8 Å². The molecule has 4 nitrogen and oxygen atoms in total. The zero-order valence-corrected chi connectivity index (χ0v) is 6.53. The Morgan fingerprint density at radius 1 is 1.75 bits per heavy atom. The highest BCUT2D eigenvalue weighted by Crippen LogP contribution is 2.42. The highest BCUT2D eigenvalue weighted by atomic mass is 16.4. The third kappa shape index (κ3) is 1.32. The van der Waals surface area contributed by atoms with Crippen molar-refractivity contribution in [3.05, 3.63) is 11.8 Å². The molecule has 0 spiro atoms. The monoisotopic (exact) mass is 166 g/mol. The van der Waals surface area contributed by atoms with Gasteiger partial charge in [0.1, 0.15) is 5.70 Å². The number of allylic oxidation sites excluding steroid dienone is 1. The van der Waals surface area contributed by atoms with Crippen LogP contribution in [0.4, 0.5) is 0 Å². The van der Waals surface area contributed by atoms with E-state index in [0.29, 0.717) is 11.8 Å². The molecule has 1 aliphatic heterocycles. The van der Waals surface area contributed by atoms with Gasteiger partial charge < -0.3 is 5.11 Å². The number of hydrogen-bond acceptors (Lipinski definition) is 3. The molecule has 0 radical (unpaired) electrons. The molecule has 2 atom stereocenters. The molecule has 1 saturated carbocycles. The second kappa shape index (κ2) is 2.62. The van der Waals surface area contributed by atoms with Crippen molar-refractivity contribution < 1.29 is 9.90 Å². The Labute approximate surface area is 70.0 Å². The summed E-state index contributed by atoms with van der Waals surface area (Å²) in [6.45, 7) is 0. The van der Waals surface area contributed by atoms with Crippen molar-refractivity contribution in [1.29, 1.82) is 0 Å². The van der Waals surface area contributed by atoms with Crippen LogP contribution in [0.2, 0.25) is 0 Å². The average molecular weight is 166 g/mol. The van der Waals surface area contributed by atoms with Crippen molar-refractivity contribution in [2.75, 3.05) is 0 Å². The summed E-state index contributed by atoms with van der Waals surface area (Å²) in [4.78, 5) is 10.6. The number of carboxylic acid groups (broad SMARTS) is 1. The first-order valence-corrected chi connectivity index (χ1v) is 4.00. The van der Waals surface area contributed by atoms with Gasteiger partial charge in [-0.15, -0.1) is 0 Å². The van der Waals surface area contributed by atoms with E-state index in [9.17, 15) is 4.79 Å². The van der Waals surface area contributed by atoms with Gasteiger partial charge in [-0.2, -0.15) is 5.10 Å². The molecule has 1 aliphatic carbocycles. The number of nitrogens with one attached hydrogen (secondary N) is 1. The minimum atomic E-state index is -0.931. The molecule has 2 rings (SSSR count). The molecule has 0 bridgehead atoms. The van der Waals surface area contributed by atoms with E-state index in [4.69, 9.17) is 5.11 Å². The fourth-order valence-corrected chi connectivity index (χ4v) is 1.42. The standard InChI is InChI=1S/C8H10N2O2/c11-8(12)7-4-6-3-5(6)1-2-9-10-7/h2,4-6,10H,1,3H2,(H,11,12)/b7-4+,9-2+. The molecule has 0 aromatic carbocycles. The van der Waals surface area contributed by atoms with E-state index in [0.717, 1.165) is 12.8 Å². The number of aliphatic carboxylic acids is 1. The summed E-state index contributed by atoms with van der Waals surface area (Å²) < 4.78 is 0. The Hall–Kier alpha value is -1.32. The summed E-state index contributed by atoms with van der Waals surface area (Å²) in [5.74, 6) is 0.153. The third-order valence-electron chi connectivity index (χ3n) is 2.27. The van der Waals surface area contributed by atoms with Gasteiger partial charge in [0.15, 0.2) is 0 Å². The third-order valence-corrected chi connectivity index (χ3v) is 2.27. The molecule has 64 valence electrons. The lowest BCUT2D eigenvalue weighted by Crippen LogP contribution is -2.16. The second-order valence-electron chi connectivity index (χ2n) is 3.20. The Morgan fingerprint density at radius 3 is 3.33 bits per heavy atom. The van der Waals surface area contributed by atoms with Crippen LogP contribution in [0.1, 0.15) is 12.8 Å². The molecule has 2 unspecified atom stereocenters. The van der Waals surface area contributed by atoms with E-state index in [2.05, 4.69) is 10.5 Å². The largest absolute Gasteiger partial charge is 0.477 e. The van der Waals surface area contributed by atoms with Crippen molar-refractivity contribution in [2.24, 2.45) is 16.9 Å². The second-order valence-corrected chi connectivity index (χ2v) is 3.20. The first-order valence-electron chi connectivity index (χ1n) is 4.00. The van der Waals surface area contributed by atoms with Gasteiger partial charge in [-0.3, -0.25) is 5.43 Å². The molecule has 4 heteroatoms. The number of carboxylic acids is 1. The Bertz CT molecular complexity index is 270. The van der Waals surface area contributed by atoms with Crippen molar-refractivity contribution in [3.8, 4) is 0 Å². The molecule has 1 fully saturated rings. The van der Waals surface area contributed by atoms with Gasteiger partial charge in [-0.1, -0.05) is 0 Å². The van der Waals surface area contributed by atoms with Crippen LogP contribution < -0.4 is 5.43 Å². The van der Waals surface area contributed by atoms with Gasteiger partial charge >= 0.3 is 5.97 Å². The van der Waals surface area contributed by atoms with Crippen molar-refractivity contribution in [2.45, 2.75) is 12.8 Å². The molecule has 0 aromatic rings. The molecule has 0 saturated heterocycles. The van der Waals surface area contributed by atoms with Crippen LogP contribution >= 0.6 is 0 Å². The summed E-state index contributed by atoms with van der Waals surface area (Å²) in [5.41, 5.74) is 2.72. The summed E-state index contributed by atoms with van der Waals surface area (Å²) in [6, 6.07) is 0. The van der Waals surface area contributed by atoms with E-state index in [-0.39, 0.29) is 5.70 Å². The predicted octanol–water partition coefficient (Wildman–Crippen LogP) is 0.570. The fourth-order valence-electron chi connectivity index (χ4n) is 1.42. The van der Waals surface area contributed by atoms with E-state index < -0.39 is 5.97 Å². The van der Waals surface area contributed by atoms with Gasteiger partial charge in [0.05, 0.1) is 0 Å². The maximum absolute atomic E-state index is 10.6. The number of rotatable bonds is 1. The average Bonchev–Trinajstić information content (AvgIpc) is 2.65. The van der Waals surface area contributed by atoms with Gasteiger partial charge in [0, 0.05) is 6.21 Å². The van der Waals surface area contributed by atoms with Crippen LogP contribution in [0.25, 0.3) is 0 Å². The van der Waals surface area contributed by atoms with Crippen molar-refractivity contribution in [1.82, 2.24) is 5.43 Å². The SMILES string of the molecule is O=C(O)/C1=C\C2CC2C/C=N/N1. The van der Waals surface area contributed by atoms with Gasteiger partial charge in [0.25, 0.3) is 0 Å². The fraction of sp³-hybridized carbons (Fsp3) is 0.500. The molecule has 2 N–H and O–H groups in total. The number of fused-ring (bicyclic) bond motifs is 1. The van der Waals surface area contributed by atoms with E-state index in [1.165, 1.54) is 0 Å². The topological polar surface area (TPSA) is 61.7 Å². The number of hydrogen-bond donors (Lipinski definition) is 2. The molecule has 0 amide bonds.